The predicted molar refractivity (Wildman–Crippen MR) is 128 cm³/mol. The van der Waals surface area contributed by atoms with Crippen molar-refractivity contribution in [2.75, 3.05) is 72.6 Å². The molecule has 3 aliphatic rings. The summed E-state index contributed by atoms with van der Waals surface area (Å²) in [5, 5.41) is 3.57. The molecule has 168 valence electrons. The molecule has 1 amide bonds. The third-order valence-electron chi connectivity index (χ3n) is 6.67. The van der Waals surface area contributed by atoms with E-state index in [2.05, 4.69) is 27.0 Å². The maximum absolute atomic E-state index is 12.7. The van der Waals surface area contributed by atoms with Gasteiger partial charge in [-0.25, -0.2) is 0 Å². The Hall–Kier alpha value is -0.610. The number of morpholine rings is 1. The van der Waals surface area contributed by atoms with Crippen molar-refractivity contribution in [3.05, 3.63) is 0 Å². The Labute approximate surface area is 193 Å². The number of amides is 1. The molecule has 0 radical (unpaired) electrons. The zero-order valence-electron chi connectivity index (χ0n) is 18.3. The summed E-state index contributed by atoms with van der Waals surface area (Å²) in [6, 6.07) is 0. The molecular formula is C21H40IN5O2. The van der Waals surface area contributed by atoms with E-state index >= 15 is 0 Å². The second-order valence-corrected chi connectivity index (χ2v) is 8.34. The number of aliphatic imine (C=N–C) groups is 1. The first-order chi connectivity index (χ1) is 13.7. The van der Waals surface area contributed by atoms with Crippen molar-refractivity contribution in [1.29, 1.82) is 0 Å². The van der Waals surface area contributed by atoms with Crippen molar-refractivity contribution >= 4 is 35.8 Å². The van der Waals surface area contributed by atoms with E-state index in [1.807, 2.05) is 11.9 Å². The van der Waals surface area contributed by atoms with Gasteiger partial charge in [-0.05, 0) is 57.7 Å². The first-order valence-corrected chi connectivity index (χ1v) is 11.3. The lowest BCUT2D eigenvalue weighted by molar-refractivity contribution is -0.140. The highest BCUT2D eigenvalue weighted by Crippen LogP contribution is 2.21. The second kappa shape index (κ2) is 12.9. The predicted octanol–water partition coefficient (Wildman–Crippen LogP) is 1.87. The number of halogens is 1. The van der Waals surface area contributed by atoms with Crippen LogP contribution in [-0.2, 0) is 9.53 Å². The van der Waals surface area contributed by atoms with E-state index in [0.717, 1.165) is 57.4 Å². The Morgan fingerprint density at radius 1 is 1.00 bits per heavy atom. The van der Waals surface area contributed by atoms with E-state index in [-0.39, 0.29) is 29.9 Å². The van der Waals surface area contributed by atoms with Gasteiger partial charge in [0.25, 0.3) is 0 Å². The number of hydrogen-bond acceptors (Lipinski definition) is 4. The van der Waals surface area contributed by atoms with Gasteiger partial charge >= 0.3 is 0 Å². The summed E-state index contributed by atoms with van der Waals surface area (Å²) in [6.45, 7) is 11.6. The van der Waals surface area contributed by atoms with Crippen LogP contribution in [-0.4, -0.2) is 99.2 Å². The van der Waals surface area contributed by atoms with Gasteiger partial charge in [0.2, 0.25) is 5.91 Å². The van der Waals surface area contributed by atoms with Crippen molar-refractivity contribution < 1.29 is 9.53 Å². The number of nitrogens with one attached hydrogen (secondary N) is 1. The Kier molecular flexibility index (Phi) is 11.0. The number of likely N-dealkylation sites (tertiary alicyclic amines) is 2. The second-order valence-electron chi connectivity index (χ2n) is 8.34. The molecule has 0 saturated carbocycles. The maximum Gasteiger partial charge on any atom is 0.225 e. The van der Waals surface area contributed by atoms with E-state index in [0.29, 0.717) is 19.1 Å². The fourth-order valence-corrected chi connectivity index (χ4v) is 4.69. The Morgan fingerprint density at radius 3 is 2.24 bits per heavy atom. The van der Waals surface area contributed by atoms with Gasteiger partial charge in [-0.3, -0.25) is 9.79 Å². The monoisotopic (exact) mass is 521 g/mol. The molecule has 3 saturated heterocycles. The molecule has 0 aromatic carbocycles. The minimum Gasteiger partial charge on any atom is -0.378 e. The Balaban J connectivity index is 0.00000300. The molecule has 3 rings (SSSR count). The highest BCUT2D eigenvalue weighted by Gasteiger charge is 2.30. The van der Waals surface area contributed by atoms with Crippen molar-refractivity contribution in [3.63, 3.8) is 0 Å². The average molecular weight is 521 g/mol. The highest BCUT2D eigenvalue weighted by atomic mass is 127. The zero-order chi connectivity index (χ0) is 19.8. The third-order valence-corrected chi connectivity index (χ3v) is 6.67. The number of guanidine groups is 1. The van der Waals surface area contributed by atoms with Crippen molar-refractivity contribution in [2.24, 2.45) is 16.8 Å². The quantitative estimate of drug-likeness (QED) is 0.340. The van der Waals surface area contributed by atoms with Crippen LogP contribution >= 0.6 is 24.0 Å². The lowest BCUT2D eigenvalue weighted by atomic mass is 9.93. The van der Waals surface area contributed by atoms with Gasteiger partial charge in [0.05, 0.1) is 13.2 Å². The van der Waals surface area contributed by atoms with E-state index < -0.39 is 0 Å². The lowest BCUT2D eigenvalue weighted by Gasteiger charge is -2.37. The van der Waals surface area contributed by atoms with Crippen LogP contribution in [0.2, 0.25) is 0 Å². The molecule has 0 spiro atoms. The van der Waals surface area contributed by atoms with Crippen LogP contribution in [0.4, 0.5) is 0 Å². The molecule has 0 atom stereocenters. The maximum atomic E-state index is 12.7. The zero-order valence-corrected chi connectivity index (χ0v) is 20.6. The van der Waals surface area contributed by atoms with Crippen LogP contribution in [0.5, 0.6) is 0 Å². The van der Waals surface area contributed by atoms with Crippen LogP contribution in [0.15, 0.2) is 4.99 Å². The van der Waals surface area contributed by atoms with Gasteiger partial charge in [-0.15, -0.1) is 24.0 Å². The van der Waals surface area contributed by atoms with Crippen molar-refractivity contribution in [3.8, 4) is 0 Å². The van der Waals surface area contributed by atoms with Gasteiger partial charge in [-0.1, -0.05) is 6.92 Å². The molecule has 29 heavy (non-hydrogen) atoms. The summed E-state index contributed by atoms with van der Waals surface area (Å²) in [6.07, 6.45) is 5.72. The number of nitrogens with zero attached hydrogens (tertiary/aromatic N) is 4. The summed E-state index contributed by atoms with van der Waals surface area (Å²) in [5.41, 5.74) is 0. The highest BCUT2D eigenvalue weighted by molar-refractivity contribution is 14.0. The number of rotatable bonds is 5. The topological polar surface area (TPSA) is 60.4 Å². The summed E-state index contributed by atoms with van der Waals surface area (Å²) >= 11 is 0. The van der Waals surface area contributed by atoms with E-state index in [1.165, 1.54) is 38.9 Å². The molecular weight excluding hydrogens is 481 g/mol. The minimum atomic E-state index is 0. The van der Waals surface area contributed by atoms with Gasteiger partial charge < -0.3 is 24.8 Å². The van der Waals surface area contributed by atoms with E-state index in [4.69, 9.17) is 4.74 Å². The molecule has 3 fully saturated rings. The molecule has 0 aromatic heterocycles. The average Bonchev–Trinajstić information content (AvgIpc) is 2.77. The van der Waals surface area contributed by atoms with Gasteiger partial charge in [-0.2, -0.15) is 0 Å². The standard InChI is InChI=1S/C21H39N5O2.HI/c1-3-24-10-5-18(6-11-24)4-9-23-21(22-2)26-12-7-19(8-13-26)20(27)25-14-16-28-17-15-25;/h18-19H,3-17H2,1-2H3,(H,22,23);1H. The SMILES string of the molecule is CCN1CCC(CCNC(=NC)N2CCC(C(=O)N3CCOCC3)CC2)CC1.I. The van der Waals surface area contributed by atoms with Gasteiger partial charge in [0, 0.05) is 45.7 Å². The van der Waals surface area contributed by atoms with E-state index in [9.17, 15) is 4.79 Å². The van der Waals surface area contributed by atoms with Crippen molar-refractivity contribution in [1.82, 2.24) is 20.0 Å². The summed E-state index contributed by atoms with van der Waals surface area (Å²) < 4.78 is 5.36. The number of carbonyl (C=O) groups is 1. The normalized spacial score (nSPS) is 23.0. The number of ether oxygens (including phenoxy) is 1. The number of hydrogen-bond donors (Lipinski definition) is 1. The Bertz CT molecular complexity index is 511. The molecule has 0 unspecified atom stereocenters. The van der Waals surface area contributed by atoms with Gasteiger partial charge in [0.15, 0.2) is 5.96 Å². The fraction of sp³-hybridized carbons (Fsp3) is 0.905. The van der Waals surface area contributed by atoms with Crippen LogP contribution < -0.4 is 5.32 Å². The first kappa shape index (κ1) is 24.7. The van der Waals surface area contributed by atoms with E-state index in [1.54, 1.807) is 0 Å². The van der Waals surface area contributed by atoms with Crippen LogP contribution in [0.25, 0.3) is 0 Å². The fourth-order valence-electron chi connectivity index (χ4n) is 4.69. The van der Waals surface area contributed by atoms with Crippen molar-refractivity contribution in [2.45, 2.75) is 39.0 Å². The molecule has 8 heteroatoms. The van der Waals surface area contributed by atoms with Crippen LogP contribution in [0.3, 0.4) is 0 Å². The Morgan fingerprint density at radius 2 is 1.66 bits per heavy atom. The molecule has 0 bridgehead atoms. The van der Waals surface area contributed by atoms with Crippen LogP contribution in [0, 0.1) is 11.8 Å². The third kappa shape index (κ3) is 7.24. The largest absolute Gasteiger partial charge is 0.378 e. The summed E-state index contributed by atoms with van der Waals surface area (Å²) in [5.74, 6) is 2.33. The molecule has 1 N–H and O–H groups in total. The number of piperidine rings is 2. The molecule has 0 aliphatic carbocycles. The number of carbonyl (C=O) groups excluding carboxylic acids is 1. The molecule has 3 heterocycles. The molecule has 3 aliphatic heterocycles. The smallest absolute Gasteiger partial charge is 0.225 e. The van der Waals surface area contributed by atoms with Gasteiger partial charge in [0.1, 0.15) is 0 Å². The minimum absolute atomic E-state index is 0. The summed E-state index contributed by atoms with van der Waals surface area (Å²) in [4.78, 5) is 24.0. The first-order valence-electron chi connectivity index (χ1n) is 11.3. The summed E-state index contributed by atoms with van der Waals surface area (Å²) in [7, 11) is 1.87. The lowest BCUT2D eigenvalue weighted by Crippen LogP contribution is -2.50. The molecule has 7 nitrogen and oxygen atoms in total. The van der Waals surface area contributed by atoms with Crippen LogP contribution in [0.1, 0.15) is 39.0 Å². The molecule has 0 aromatic rings.